The molecule has 0 fully saturated rings. The second-order valence-corrected chi connectivity index (χ2v) is 10.9. The van der Waals surface area contributed by atoms with Crippen molar-refractivity contribution in [1.82, 2.24) is 14.8 Å². The number of carbonyl (C=O) groups is 2. The van der Waals surface area contributed by atoms with Crippen molar-refractivity contribution < 1.29 is 19.1 Å². The number of hydrogen-bond acceptors (Lipinski definition) is 8. The number of benzene rings is 2. The van der Waals surface area contributed by atoms with Gasteiger partial charge in [0.2, 0.25) is 5.91 Å². The number of amides is 1. The van der Waals surface area contributed by atoms with Crippen molar-refractivity contribution in [2.45, 2.75) is 38.6 Å². The fourth-order valence-electron chi connectivity index (χ4n) is 3.79. The highest BCUT2D eigenvalue weighted by molar-refractivity contribution is 7.99. The van der Waals surface area contributed by atoms with Crippen LogP contribution in [0.5, 0.6) is 5.75 Å². The van der Waals surface area contributed by atoms with Crippen molar-refractivity contribution in [3.8, 4) is 16.9 Å². The van der Waals surface area contributed by atoms with E-state index in [2.05, 4.69) is 15.5 Å². The molecule has 1 N–H and O–H groups in total. The molecule has 204 valence electrons. The summed E-state index contributed by atoms with van der Waals surface area (Å²) < 4.78 is 13.1. The molecule has 2 heterocycles. The van der Waals surface area contributed by atoms with Crippen molar-refractivity contribution in [2.75, 3.05) is 17.7 Å². The van der Waals surface area contributed by atoms with E-state index in [9.17, 15) is 9.59 Å². The summed E-state index contributed by atoms with van der Waals surface area (Å²) in [6.45, 7) is 6.34. The van der Waals surface area contributed by atoms with Crippen LogP contribution in [0.4, 0.5) is 5.00 Å². The summed E-state index contributed by atoms with van der Waals surface area (Å²) in [6.07, 6.45) is -0.466. The van der Waals surface area contributed by atoms with E-state index in [0.29, 0.717) is 49.4 Å². The zero-order valence-corrected chi connectivity index (χ0v) is 24.6. The number of thioether (sulfide) groups is 1. The second-order valence-electron chi connectivity index (χ2n) is 8.20. The highest BCUT2D eigenvalue weighted by atomic mass is 35.5. The number of ether oxygens (including phenoxy) is 2. The molecule has 4 rings (SSSR count). The van der Waals surface area contributed by atoms with Gasteiger partial charge in [-0.25, -0.2) is 4.79 Å². The smallest absolute Gasteiger partial charge is 0.341 e. The molecule has 0 radical (unpaired) electrons. The number of esters is 1. The molecule has 1 unspecified atom stereocenters. The first kappa shape index (κ1) is 28.9. The molecule has 2 aromatic heterocycles. The molecule has 12 heteroatoms. The molecule has 0 aliphatic rings. The van der Waals surface area contributed by atoms with Gasteiger partial charge in [0, 0.05) is 28.6 Å². The highest BCUT2D eigenvalue weighted by Crippen LogP contribution is 2.37. The summed E-state index contributed by atoms with van der Waals surface area (Å²) in [7, 11) is 0. The summed E-state index contributed by atoms with van der Waals surface area (Å²) in [6, 6.07) is 14.5. The maximum atomic E-state index is 12.9. The van der Waals surface area contributed by atoms with Crippen molar-refractivity contribution in [3.63, 3.8) is 0 Å². The fourth-order valence-corrected chi connectivity index (χ4v) is 5.90. The Balaban J connectivity index is 1.46. The highest BCUT2D eigenvalue weighted by Gasteiger charge is 2.24. The van der Waals surface area contributed by atoms with Gasteiger partial charge in [-0.15, -0.1) is 21.5 Å². The first-order valence-electron chi connectivity index (χ1n) is 12.1. The Labute approximate surface area is 244 Å². The van der Waals surface area contributed by atoms with Gasteiger partial charge in [0.1, 0.15) is 16.3 Å². The van der Waals surface area contributed by atoms with Gasteiger partial charge in [0.15, 0.2) is 17.1 Å². The zero-order valence-electron chi connectivity index (χ0n) is 21.4. The maximum Gasteiger partial charge on any atom is 0.341 e. The van der Waals surface area contributed by atoms with Crippen LogP contribution in [0.1, 0.15) is 43.1 Å². The molecular formula is C27H26Cl2N4O4S2. The number of nitrogens with one attached hydrogen (secondary N) is 1. The summed E-state index contributed by atoms with van der Waals surface area (Å²) in [5.41, 5.74) is 1.92. The third kappa shape index (κ3) is 6.94. The van der Waals surface area contributed by atoms with Crippen molar-refractivity contribution in [2.24, 2.45) is 0 Å². The monoisotopic (exact) mass is 604 g/mol. The normalized spacial score (nSPS) is 11.7. The second kappa shape index (κ2) is 13.3. The quantitative estimate of drug-likeness (QED) is 0.141. The lowest BCUT2D eigenvalue weighted by Gasteiger charge is -2.16. The Morgan fingerprint density at radius 2 is 1.90 bits per heavy atom. The van der Waals surface area contributed by atoms with E-state index in [-0.39, 0.29) is 18.3 Å². The first-order valence-corrected chi connectivity index (χ1v) is 14.8. The van der Waals surface area contributed by atoms with Gasteiger partial charge in [-0.2, -0.15) is 0 Å². The summed E-state index contributed by atoms with van der Waals surface area (Å²) in [4.78, 5) is 25.7. The van der Waals surface area contributed by atoms with E-state index in [1.807, 2.05) is 54.1 Å². The van der Waals surface area contributed by atoms with Crippen LogP contribution in [0.3, 0.4) is 0 Å². The molecule has 0 saturated heterocycles. The minimum atomic E-state index is -0.482. The molecule has 1 amide bonds. The number of rotatable bonds is 11. The molecule has 0 aliphatic carbocycles. The molecule has 1 atom stereocenters. The number of aromatic nitrogens is 3. The lowest BCUT2D eigenvalue weighted by atomic mass is 10.0. The van der Waals surface area contributed by atoms with Gasteiger partial charge in [-0.05, 0) is 38.5 Å². The molecule has 8 nitrogen and oxygen atoms in total. The third-order valence-electron chi connectivity index (χ3n) is 5.56. The number of thiophene rings is 1. The molecule has 0 saturated carbocycles. The van der Waals surface area contributed by atoms with Crippen LogP contribution in [0.15, 0.2) is 59.1 Å². The lowest BCUT2D eigenvalue weighted by molar-refractivity contribution is -0.113. The van der Waals surface area contributed by atoms with Gasteiger partial charge < -0.3 is 19.4 Å². The largest absolute Gasteiger partial charge is 0.481 e. The summed E-state index contributed by atoms with van der Waals surface area (Å²) in [5, 5.41) is 15.2. The number of hydrogen-bond donors (Lipinski definition) is 1. The average molecular weight is 606 g/mol. The van der Waals surface area contributed by atoms with Crippen LogP contribution < -0.4 is 10.1 Å². The van der Waals surface area contributed by atoms with Crippen LogP contribution in [-0.2, 0) is 16.1 Å². The van der Waals surface area contributed by atoms with Crippen LogP contribution in [0.25, 0.3) is 11.1 Å². The molecule has 2 aromatic carbocycles. The number of anilines is 1. The SMILES string of the molecule is CCOC(=O)c1c(-c2ccccc2)csc1NC(=O)CSc1nnc(C(C)Oc2cc(Cl)ccc2Cl)n1CC. The fraction of sp³-hybridized carbons (Fsp3) is 0.259. The van der Waals surface area contributed by atoms with E-state index in [1.54, 1.807) is 25.1 Å². The number of nitrogens with zero attached hydrogens (tertiary/aromatic N) is 3. The Morgan fingerprint density at radius 1 is 1.13 bits per heavy atom. The van der Waals surface area contributed by atoms with Gasteiger partial charge in [-0.1, -0.05) is 65.3 Å². The summed E-state index contributed by atoms with van der Waals surface area (Å²) >= 11 is 14.8. The molecular weight excluding hydrogens is 579 g/mol. The molecule has 0 spiro atoms. The molecule has 0 aliphatic heterocycles. The van der Waals surface area contributed by atoms with Crippen molar-refractivity contribution >= 4 is 63.2 Å². The van der Waals surface area contributed by atoms with Crippen LogP contribution in [0, 0.1) is 0 Å². The Hall–Kier alpha value is -3.05. The molecule has 39 heavy (non-hydrogen) atoms. The van der Waals surface area contributed by atoms with Gasteiger partial charge in [0.25, 0.3) is 0 Å². The van der Waals surface area contributed by atoms with Gasteiger partial charge in [-0.3, -0.25) is 4.79 Å². The minimum absolute atomic E-state index is 0.0638. The Bertz CT molecular complexity index is 1460. The lowest BCUT2D eigenvalue weighted by Crippen LogP contribution is -2.17. The van der Waals surface area contributed by atoms with Crippen LogP contribution in [-0.4, -0.2) is 39.0 Å². The minimum Gasteiger partial charge on any atom is -0.481 e. The number of halogens is 2. The molecule has 0 bridgehead atoms. The Morgan fingerprint density at radius 3 is 2.62 bits per heavy atom. The standard InChI is InChI=1S/C27H26Cl2N4O4S2/c1-4-33-24(16(3)37-21-13-18(28)11-12-20(21)29)31-32-27(33)39-15-22(34)30-25-23(26(35)36-5-2)19(14-38-25)17-9-7-6-8-10-17/h6-14,16H,4-5,15H2,1-3H3,(H,30,34). The number of carbonyl (C=O) groups excluding carboxylic acids is 2. The van der Waals surface area contributed by atoms with Crippen molar-refractivity contribution in [1.29, 1.82) is 0 Å². The van der Waals surface area contributed by atoms with E-state index in [1.165, 1.54) is 23.1 Å². The zero-order chi connectivity index (χ0) is 27.9. The van der Waals surface area contributed by atoms with Gasteiger partial charge >= 0.3 is 5.97 Å². The molecule has 4 aromatic rings. The third-order valence-corrected chi connectivity index (χ3v) is 7.97. The predicted molar refractivity (Wildman–Crippen MR) is 156 cm³/mol. The van der Waals surface area contributed by atoms with E-state index >= 15 is 0 Å². The Kier molecular flexibility index (Phi) is 9.90. The first-order chi connectivity index (χ1) is 18.8. The van der Waals surface area contributed by atoms with Crippen LogP contribution in [0.2, 0.25) is 10.0 Å². The van der Waals surface area contributed by atoms with E-state index in [4.69, 9.17) is 32.7 Å². The maximum absolute atomic E-state index is 12.9. The van der Waals surface area contributed by atoms with E-state index in [0.717, 1.165) is 5.56 Å². The van der Waals surface area contributed by atoms with Crippen LogP contribution >= 0.6 is 46.3 Å². The predicted octanol–water partition coefficient (Wildman–Crippen LogP) is 7.38. The average Bonchev–Trinajstić information content (AvgIpc) is 3.54. The topological polar surface area (TPSA) is 95.3 Å². The van der Waals surface area contributed by atoms with E-state index < -0.39 is 12.1 Å². The van der Waals surface area contributed by atoms with Crippen molar-refractivity contribution in [3.05, 3.63) is 75.3 Å². The summed E-state index contributed by atoms with van der Waals surface area (Å²) in [5.74, 6) is 0.332. The van der Waals surface area contributed by atoms with Gasteiger partial charge in [0.05, 0.1) is 17.4 Å².